The Bertz CT molecular complexity index is 488. The molecule has 0 spiro atoms. The molecule has 1 fully saturated rings. The number of hydrogen-bond acceptors (Lipinski definition) is 4. The van der Waals surface area contributed by atoms with E-state index in [4.69, 9.17) is 15.2 Å². The fraction of sp³-hybridized carbons (Fsp3) is 0.533. The molecule has 5 nitrogen and oxygen atoms in total. The molecule has 3 N–H and O–H groups in total. The minimum absolute atomic E-state index is 0. The van der Waals surface area contributed by atoms with Crippen LogP contribution in [0, 0.1) is 0 Å². The molecule has 0 aromatic heterocycles. The molecule has 1 aromatic rings. The second-order valence-electron chi connectivity index (χ2n) is 5.24. The Balaban J connectivity index is 0.00000220. The molecule has 0 radical (unpaired) electrons. The molecule has 118 valence electrons. The number of nitrogens with one attached hydrogen (secondary N) is 1. The van der Waals surface area contributed by atoms with Gasteiger partial charge in [-0.3, -0.25) is 4.79 Å². The first kappa shape index (κ1) is 17.6. The number of hydrogen-bond donors (Lipinski definition) is 2. The molecule has 0 bridgehead atoms. The van der Waals surface area contributed by atoms with E-state index in [-0.39, 0.29) is 18.3 Å². The molecular formula is C15H23ClN2O3. The maximum Gasteiger partial charge on any atom is 0.244 e. The summed E-state index contributed by atoms with van der Waals surface area (Å²) in [4.78, 5) is 12.3. The number of nitrogens with two attached hydrogens (primary N) is 1. The van der Waals surface area contributed by atoms with Gasteiger partial charge in [0, 0.05) is 11.8 Å². The molecule has 2 rings (SSSR count). The summed E-state index contributed by atoms with van der Waals surface area (Å²) >= 11 is 0. The summed E-state index contributed by atoms with van der Waals surface area (Å²) in [6.07, 6.45) is 4.66. The van der Waals surface area contributed by atoms with Crippen molar-refractivity contribution < 1.29 is 14.3 Å². The summed E-state index contributed by atoms with van der Waals surface area (Å²) in [7, 11) is 3.14. The van der Waals surface area contributed by atoms with E-state index in [1.807, 2.05) is 0 Å². The molecule has 1 aliphatic rings. The molecule has 0 atom stereocenters. The van der Waals surface area contributed by atoms with Gasteiger partial charge in [0.2, 0.25) is 5.91 Å². The predicted octanol–water partition coefficient (Wildman–Crippen LogP) is 2.73. The van der Waals surface area contributed by atoms with Crippen molar-refractivity contribution in [3.05, 3.63) is 18.2 Å². The standard InChI is InChI=1S/C15H22N2O3.ClH/c1-19-12-7-6-11(10-13(12)20-2)17-14(18)15(16)8-4-3-5-9-15;/h6-7,10H,3-5,8-9,16H2,1-2H3,(H,17,18);1H. The third-order valence-electron chi connectivity index (χ3n) is 3.84. The van der Waals surface area contributed by atoms with E-state index in [2.05, 4.69) is 5.32 Å². The molecule has 0 aliphatic heterocycles. The zero-order chi connectivity index (χ0) is 14.6. The minimum Gasteiger partial charge on any atom is -0.493 e. The molecular weight excluding hydrogens is 292 g/mol. The van der Waals surface area contributed by atoms with Crippen molar-refractivity contribution >= 4 is 24.0 Å². The van der Waals surface area contributed by atoms with Crippen LogP contribution in [0.4, 0.5) is 5.69 Å². The van der Waals surface area contributed by atoms with Crippen molar-refractivity contribution in [2.45, 2.75) is 37.6 Å². The van der Waals surface area contributed by atoms with E-state index in [0.717, 1.165) is 32.1 Å². The number of carbonyl (C=O) groups is 1. The number of benzene rings is 1. The molecule has 1 aliphatic carbocycles. The number of methoxy groups -OCH3 is 2. The van der Waals surface area contributed by atoms with Gasteiger partial charge in [-0.1, -0.05) is 19.3 Å². The van der Waals surface area contributed by atoms with Crippen molar-refractivity contribution in [2.75, 3.05) is 19.5 Å². The quantitative estimate of drug-likeness (QED) is 0.896. The van der Waals surface area contributed by atoms with Gasteiger partial charge in [-0.15, -0.1) is 12.4 Å². The number of ether oxygens (including phenoxy) is 2. The first-order chi connectivity index (χ1) is 9.59. The third-order valence-corrected chi connectivity index (χ3v) is 3.84. The van der Waals surface area contributed by atoms with Gasteiger partial charge in [0.1, 0.15) is 0 Å². The van der Waals surface area contributed by atoms with Gasteiger partial charge in [0.05, 0.1) is 19.8 Å². The highest BCUT2D eigenvalue weighted by Gasteiger charge is 2.35. The lowest BCUT2D eigenvalue weighted by Gasteiger charge is -2.31. The predicted molar refractivity (Wildman–Crippen MR) is 85.4 cm³/mol. The molecule has 1 saturated carbocycles. The number of amides is 1. The Hall–Kier alpha value is -1.46. The second-order valence-corrected chi connectivity index (χ2v) is 5.24. The van der Waals surface area contributed by atoms with E-state index < -0.39 is 5.54 Å². The lowest BCUT2D eigenvalue weighted by atomic mass is 9.82. The zero-order valence-electron chi connectivity index (χ0n) is 12.5. The maximum atomic E-state index is 12.3. The fourth-order valence-corrected chi connectivity index (χ4v) is 2.58. The van der Waals surface area contributed by atoms with Crippen LogP contribution >= 0.6 is 12.4 Å². The second kappa shape index (κ2) is 7.52. The third kappa shape index (κ3) is 4.02. The smallest absolute Gasteiger partial charge is 0.244 e. The van der Waals surface area contributed by atoms with Crippen LogP contribution in [0.2, 0.25) is 0 Å². The number of halogens is 1. The van der Waals surface area contributed by atoms with Gasteiger partial charge in [-0.2, -0.15) is 0 Å². The molecule has 6 heteroatoms. The number of anilines is 1. The van der Waals surface area contributed by atoms with E-state index >= 15 is 0 Å². The van der Waals surface area contributed by atoms with Crippen LogP contribution in [0.5, 0.6) is 11.5 Å². The van der Waals surface area contributed by atoms with Crippen LogP contribution in [-0.4, -0.2) is 25.7 Å². The normalized spacial score (nSPS) is 16.5. The van der Waals surface area contributed by atoms with Crippen molar-refractivity contribution in [2.24, 2.45) is 5.73 Å². The summed E-state index contributed by atoms with van der Waals surface area (Å²) in [5.74, 6) is 1.09. The number of rotatable bonds is 4. The van der Waals surface area contributed by atoms with E-state index in [1.165, 1.54) is 0 Å². The fourth-order valence-electron chi connectivity index (χ4n) is 2.58. The van der Waals surface area contributed by atoms with Gasteiger partial charge in [0.15, 0.2) is 11.5 Å². The van der Waals surface area contributed by atoms with Crippen LogP contribution in [0.15, 0.2) is 18.2 Å². The minimum atomic E-state index is -0.745. The van der Waals surface area contributed by atoms with Crippen molar-refractivity contribution in [3.8, 4) is 11.5 Å². The summed E-state index contributed by atoms with van der Waals surface area (Å²) in [5, 5.41) is 2.88. The van der Waals surface area contributed by atoms with Crippen molar-refractivity contribution in [1.82, 2.24) is 0 Å². The Morgan fingerprint density at radius 1 is 1.14 bits per heavy atom. The summed E-state index contributed by atoms with van der Waals surface area (Å²) < 4.78 is 10.4. The Kier molecular flexibility index (Phi) is 6.30. The largest absolute Gasteiger partial charge is 0.493 e. The number of carbonyl (C=O) groups excluding carboxylic acids is 1. The van der Waals surface area contributed by atoms with Gasteiger partial charge in [-0.05, 0) is 25.0 Å². The van der Waals surface area contributed by atoms with Crippen LogP contribution < -0.4 is 20.5 Å². The SMILES string of the molecule is COc1ccc(NC(=O)C2(N)CCCCC2)cc1OC.Cl. The van der Waals surface area contributed by atoms with Crippen LogP contribution in [-0.2, 0) is 4.79 Å². The Labute approximate surface area is 131 Å². The van der Waals surface area contributed by atoms with Crippen molar-refractivity contribution in [3.63, 3.8) is 0 Å². The first-order valence-corrected chi connectivity index (χ1v) is 6.91. The van der Waals surface area contributed by atoms with Crippen LogP contribution in [0.3, 0.4) is 0 Å². The van der Waals surface area contributed by atoms with Crippen LogP contribution in [0.1, 0.15) is 32.1 Å². The highest BCUT2D eigenvalue weighted by Crippen LogP contribution is 2.31. The molecule has 1 amide bonds. The van der Waals surface area contributed by atoms with Gasteiger partial charge < -0.3 is 20.5 Å². The van der Waals surface area contributed by atoms with Crippen LogP contribution in [0.25, 0.3) is 0 Å². The highest BCUT2D eigenvalue weighted by atomic mass is 35.5. The zero-order valence-corrected chi connectivity index (χ0v) is 13.3. The maximum absolute atomic E-state index is 12.3. The summed E-state index contributed by atoms with van der Waals surface area (Å²) in [6, 6.07) is 5.28. The average molecular weight is 315 g/mol. The lowest BCUT2D eigenvalue weighted by Crippen LogP contribution is -2.52. The van der Waals surface area contributed by atoms with Gasteiger partial charge in [-0.25, -0.2) is 0 Å². The van der Waals surface area contributed by atoms with E-state index in [0.29, 0.717) is 17.2 Å². The Morgan fingerprint density at radius 2 is 1.76 bits per heavy atom. The average Bonchev–Trinajstić information content (AvgIpc) is 2.47. The Morgan fingerprint density at radius 3 is 2.33 bits per heavy atom. The van der Waals surface area contributed by atoms with Gasteiger partial charge >= 0.3 is 0 Å². The molecule has 0 heterocycles. The molecule has 1 aromatic carbocycles. The molecule has 21 heavy (non-hydrogen) atoms. The first-order valence-electron chi connectivity index (χ1n) is 6.91. The summed E-state index contributed by atoms with van der Waals surface area (Å²) in [5.41, 5.74) is 6.13. The topological polar surface area (TPSA) is 73.6 Å². The van der Waals surface area contributed by atoms with Gasteiger partial charge in [0.25, 0.3) is 0 Å². The highest BCUT2D eigenvalue weighted by molar-refractivity contribution is 5.98. The monoisotopic (exact) mass is 314 g/mol. The van der Waals surface area contributed by atoms with E-state index in [9.17, 15) is 4.79 Å². The summed E-state index contributed by atoms with van der Waals surface area (Å²) in [6.45, 7) is 0. The molecule has 0 saturated heterocycles. The van der Waals surface area contributed by atoms with Crippen molar-refractivity contribution in [1.29, 1.82) is 0 Å². The van der Waals surface area contributed by atoms with E-state index in [1.54, 1.807) is 32.4 Å². The molecule has 0 unspecified atom stereocenters. The lowest BCUT2D eigenvalue weighted by molar-refractivity contribution is -0.122.